The van der Waals surface area contributed by atoms with Crippen LogP contribution in [0, 0.1) is 0 Å². The van der Waals surface area contributed by atoms with E-state index in [-0.39, 0.29) is 29.1 Å². The number of ether oxygens (including phenoxy) is 1. The molecule has 0 bridgehead atoms. The van der Waals surface area contributed by atoms with Crippen molar-refractivity contribution in [3.63, 3.8) is 0 Å². The molecular weight excluding hydrogens is 606 g/mol. The lowest BCUT2D eigenvalue weighted by Gasteiger charge is -2.32. The molecule has 0 saturated heterocycles. The average molecular weight is 637 g/mol. The summed E-state index contributed by atoms with van der Waals surface area (Å²) in [5, 5.41) is 3.14. The van der Waals surface area contributed by atoms with Crippen LogP contribution < -0.4 is 14.4 Å². The molecule has 0 radical (unpaired) electrons. The molecule has 208 valence electrons. The number of hydrogen-bond acceptors (Lipinski definition) is 5. The Labute approximate surface area is 243 Å². The van der Waals surface area contributed by atoms with Gasteiger partial charge in [0.15, 0.2) is 0 Å². The second kappa shape index (κ2) is 13.3. The van der Waals surface area contributed by atoms with Crippen LogP contribution in [0.4, 0.5) is 5.69 Å². The van der Waals surface area contributed by atoms with E-state index in [9.17, 15) is 18.0 Å². The van der Waals surface area contributed by atoms with Gasteiger partial charge in [-0.3, -0.25) is 13.9 Å². The van der Waals surface area contributed by atoms with Gasteiger partial charge in [-0.2, -0.15) is 0 Å². The van der Waals surface area contributed by atoms with Crippen LogP contribution in [0.1, 0.15) is 26.3 Å². The highest BCUT2D eigenvalue weighted by molar-refractivity contribution is 9.10. The van der Waals surface area contributed by atoms with E-state index in [4.69, 9.17) is 16.3 Å². The summed E-state index contributed by atoms with van der Waals surface area (Å²) in [7, 11) is -2.72. The van der Waals surface area contributed by atoms with Crippen molar-refractivity contribution >= 4 is 55.1 Å². The highest BCUT2D eigenvalue weighted by Crippen LogP contribution is 2.28. The summed E-state index contributed by atoms with van der Waals surface area (Å²) in [6, 6.07) is 18.5. The molecule has 0 unspecified atom stereocenters. The second-order valence-electron chi connectivity index (χ2n) is 9.15. The van der Waals surface area contributed by atoms with Gasteiger partial charge in [0.2, 0.25) is 11.8 Å². The predicted molar refractivity (Wildman–Crippen MR) is 156 cm³/mol. The van der Waals surface area contributed by atoms with E-state index < -0.39 is 28.5 Å². The molecule has 1 atom stereocenters. The first kappa shape index (κ1) is 30.5. The van der Waals surface area contributed by atoms with Gasteiger partial charge in [-0.05, 0) is 80.9 Å². The maximum Gasteiger partial charge on any atom is 0.264 e. The fraction of sp³-hybridized carbons (Fsp3) is 0.286. The standard InChI is InChI=1S/C28H31BrClN3O5S/c1-19(2)31-28(35)20(3)32(17-21-8-10-22(29)11-9-21)27(34)18-33(24-7-5-6-23(30)16-24)39(36,37)26-14-12-25(38-4)13-15-26/h5-16,19-20H,17-18H2,1-4H3,(H,31,35)/t20-/m0/s1. The van der Waals surface area contributed by atoms with Gasteiger partial charge >= 0.3 is 0 Å². The molecule has 0 aliphatic heterocycles. The maximum atomic E-state index is 13.9. The van der Waals surface area contributed by atoms with Gasteiger partial charge in [0.1, 0.15) is 18.3 Å². The molecule has 0 aliphatic rings. The predicted octanol–water partition coefficient (Wildman–Crippen LogP) is 5.25. The molecule has 2 amide bonds. The number of carbonyl (C=O) groups is 2. The van der Waals surface area contributed by atoms with Gasteiger partial charge in [-0.15, -0.1) is 0 Å². The van der Waals surface area contributed by atoms with Crippen LogP contribution in [0.2, 0.25) is 5.02 Å². The van der Waals surface area contributed by atoms with Gasteiger partial charge < -0.3 is 15.0 Å². The Kier molecular flexibility index (Phi) is 10.4. The Balaban J connectivity index is 2.03. The molecule has 0 aliphatic carbocycles. The summed E-state index contributed by atoms with van der Waals surface area (Å²) in [6.07, 6.45) is 0. The number of benzene rings is 3. The first-order chi connectivity index (χ1) is 18.4. The molecule has 1 N–H and O–H groups in total. The van der Waals surface area contributed by atoms with E-state index in [1.807, 2.05) is 38.1 Å². The number of carbonyl (C=O) groups excluding carboxylic acids is 2. The quantitative estimate of drug-likeness (QED) is 0.310. The molecule has 11 heteroatoms. The number of methoxy groups -OCH3 is 1. The van der Waals surface area contributed by atoms with Crippen LogP contribution in [-0.4, -0.2) is 50.9 Å². The van der Waals surface area contributed by atoms with E-state index in [1.165, 1.54) is 42.3 Å². The van der Waals surface area contributed by atoms with E-state index in [0.717, 1.165) is 14.3 Å². The third kappa shape index (κ3) is 7.97. The van der Waals surface area contributed by atoms with E-state index in [0.29, 0.717) is 10.8 Å². The molecule has 3 rings (SSSR count). The van der Waals surface area contributed by atoms with Crippen molar-refractivity contribution in [1.82, 2.24) is 10.2 Å². The van der Waals surface area contributed by atoms with Crippen LogP contribution in [0.5, 0.6) is 5.75 Å². The van der Waals surface area contributed by atoms with Gasteiger partial charge in [0, 0.05) is 22.1 Å². The van der Waals surface area contributed by atoms with E-state index >= 15 is 0 Å². The minimum atomic E-state index is -4.20. The van der Waals surface area contributed by atoms with Crippen molar-refractivity contribution in [3.05, 3.63) is 87.9 Å². The molecule has 0 saturated carbocycles. The van der Waals surface area contributed by atoms with Crippen LogP contribution in [0.3, 0.4) is 0 Å². The molecule has 39 heavy (non-hydrogen) atoms. The number of amides is 2. The number of anilines is 1. The Bertz CT molecular complexity index is 1400. The zero-order valence-corrected chi connectivity index (χ0v) is 25.3. The zero-order valence-electron chi connectivity index (χ0n) is 22.1. The molecule has 8 nitrogen and oxygen atoms in total. The summed E-state index contributed by atoms with van der Waals surface area (Å²) in [5.41, 5.74) is 0.998. The van der Waals surface area contributed by atoms with Crippen molar-refractivity contribution in [2.24, 2.45) is 0 Å². The lowest BCUT2D eigenvalue weighted by atomic mass is 10.1. The van der Waals surface area contributed by atoms with Crippen molar-refractivity contribution in [3.8, 4) is 5.75 Å². The minimum absolute atomic E-state index is 0.0267. The topological polar surface area (TPSA) is 96.0 Å². The minimum Gasteiger partial charge on any atom is -0.497 e. The number of sulfonamides is 1. The average Bonchev–Trinajstić information content (AvgIpc) is 2.90. The van der Waals surface area contributed by atoms with Gasteiger partial charge in [-0.25, -0.2) is 8.42 Å². The third-order valence-corrected chi connectivity index (χ3v) is 8.44. The second-order valence-corrected chi connectivity index (χ2v) is 12.4. The molecule has 0 spiro atoms. The van der Waals surface area contributed by atoms with Crippen LogP contribution in [-0.2, 0) is 26.2 Å². The van der Waals surface area contributed by atoms with Crippen LogP contribution in [0.25, 0.3) is 0 Å². The third-order valence-electron chi connectivity index (χ3n) is 5.89. The van der Waals surface area contributed by atoms with Crippen LogP contribution >= 0.6 is 27.5 Å². The summed E-state index contributed by atoms with van der Waals surface area (Å²) < 4.78 is 34.7. The van der Waals surface area contributed by atoms with Gasteiger partial charge in [-0.1, -0.05) is 45.7 Å². The molecule has 0 fully saturated rings. The highest BCUT2D eigenvalue weighted by Gasteiger charge is 2.32. The Morgan fingerprint density at radius 1 is 1.00 bits per heavy atom. The lowest BCUT2D eigenvalue weighted by Crippen LogP contribution is -2.52. The normalized spacial score (nSPS) is 12.1. The number of hydrogen-bond donors (Lipinski definition) is 1. The number of rotatable bonds is 11. The Hall–Kier alpha value is -3.08. The first-order valence-corrected chi connectivity index (χ1v) is 14.8. The fourth-order valence-corrected chi connectivity index (χ4v) is 5.66. The Morgan fingerprint density at radius 2 is 1.64 bits per heavy atom. The highest BCUT2D eigenvalue weighted by atomic mass is 79.9. The number of halogens is 2. The summed E-state index contributed by atoms with van der Waals surface area (Å²) >= 11 is 9.59. The van der Waals surface area contributed by atoms with Crippen LogP contribution in [0.15, 0.2) is 82.2 Å². The monoisotopic (exact) mass is 635 g/mol. The largest absolute Gasteiger partial charge is 0.497 e. The maximum absolute atomic E-state index is 13.9. The first-order valence-electron chi connectivity index (χ1n) is 12.2. The summed E-state index contributed by atoms with van der Waals surface area (Å²) in [6.45, 7) is 4.83. The fourth-order valence-electron chi connectivity index (χ4n) is 3.81. The van der Waals surface area contributed by atoms with Gasteiger partial charge in [0.05, 0.1) is 17.7 Å². The lowest BCUT2D eigenvalue weighted by molar-refractivity contribution is -0.139. The van der Waals surface area contributed by atoms with Crippen molar-refractivity contribution in [1.29, 1.82) is 0 Å². The van der Waals surface area contributed by atoms with Crippen molar-refractivity contribution in [2.45, 2.75) is 44.3 Å². The molecule has 0 heterocycles. The molecular formula is C28H31BrClN3O5S. The SMILES string of the molecule is COc1ccc(S(=O)(=O)N(CC(=O)N(Cc2ccc(Br)cc2)[C@@H](C)C(=O)NC(C)C)c2cccc(Cl)c2)cc1. The number of nitrogens with zero attached hydrogens (tertiary/aromatic N) is 2. The zero-order chi connectivity index (χ0) is 28.7. The summed E-state index contributed by atoms with van der Waals surface area (Å²) in [4.78, 5) is 28.2. The number of nitrogens with one attached hydrogen (secondary N) is 1. The van der Waals surface area contributed by atoms with Crippen molar-refractivity contribution in [2.75, 3.05) is 18.0 Å². The summed E-state index contributed by atoms with van der Waals surface area (Å²) in [5.74, 6) is -0.408. The smallest absolute Gasteiger partial charge is 0.264 e. The Morgan fingerprint density at radius 3 is 2.21 bits per heavy atom. The van der Waals surface area contributed by atoms with E-state index in [1.54, 1.807) is 25.1 Å². The van der Waals surface area contributed by atoms with E-state index in [2.05, 4.69) is 21.2 Å². The van der Waals surface area contributed by atoms with Crippen molar-refractivity contribution < 1.29 is 22.7 Å². The molecule has 0 aromatic heterocycles. The van der Waals surface area contributed by atoms with Gasteiger partial charge in [0.25, 0.3) is 10.0 Å². The molecule has 3 aromatic carbocycles. The molecule has 3 aromatic rings.